The lowest BCUT2D eigenvalue weighted by atomic mass is 10.2. The van der Waals surface area contributed by atoms with E-state index in [2.05, 4.69) is 15.5 Å². The van der Waals surface area contributed by atoms with Gasteiger partial charge in [0.2, 0.25) is 5.91 Å². The van der Waals surface area contributed by atoms with Crippen LogP contribution in [0.15, 0.2) is 76.5 Å². The highest BCUT2D eigenvalue weighted by Crippen LogP contribution is 2.22. The molecule has 9 heteroatoms. The van der Waals surface area contributed by atoms with Gasteiger partial charge in [-0.1, -0.05) is 35.5 Å². The zero-order valence-electron chi connectivity index (χ0n) is 17.3. The maximum Gasteiger partial charge on any atom is 0.234 e. The van der Waals surface area contributed by atoms with Gasteiger partial charge in [0.25, 0.3) is 0 Å². The number of furan rings is 1. The number of benzene rings is 2. The summed E-state index contributed by atoms with van der Waals surface area (Å²) in [5, 5.41) is 12.7. The predicted molar refractivity (Wildman–Crippen MR) is 124 cm³/mol. The molecule has 0 spiro atoms. The molecule has 4 rings (SSSR count). The molecule has 0 atom stereocenters. The summed E-state index contributed by atoms with van der Waals surface area (Å²) < 4.78 is 13.2. The van der Waals surface area contributed by atoms with Gasteiger partial charge in [-0.3, -0.25) is 9.36 Å². The van der Waals surface area contributed by atoms with Crippen molar-refractivity contribution >= 4 is 35.0 Å². The number of carbonyl (C=O) groups is 1. The summed E-state index contributed by atoms with van der Waals surface area (Å²) in [7, 11) is 0. The second-order valence-corrected chi connectivity index (χ2v) is 8.39. The van der Waals surface area contributed by atoms with Crippen molar-refractivity contribution in [2.24, 2.45) is 0 Å². The molecule has 4 aromatic rings. The Kier molecular flexibility index (Phi) is 7.14. The van der Waals surface area contributed by atoms with Crippen molar-refractivity contribution in [3.05, 3.63) is 89.1 Å². The lowest BCUT2D eigenvalue weighted by Gasteiger charge is -2.10. The minimum atomic E-state index is -0.118. The molecule has 0 aliphatic carbocycles. The number of anilines is 1. The van der Waals surface area contributed by atoms with Gasteiger partial charge < -0.3 is 14.5 Å². The molecule has 7 nitrogen and oxygen atoms in total. The van der Waals surface area contributed by atoms with Crippen LogP contribution in [-0.2, 0) is 17.9 Å². The number of carbonyl (C=O) groups excluding carboxylic acids is 1. The Morgan fingerprint density at radius 3 is 2.75 bits per heavy atom. The average molecular weight is 469 g/mol. The number of hydrogen-bond acceptors (Lipinski definition) is 6. The van der Waals surface area contributed by atoms with E-state index >= 15 is 0 Å². The molecule has 2 heterocycles. The molecule has 2 aromatic heterocycles. The summed E-state index contributed by atoms with van der Waals surface area (Å²) in [6.07, 6.45) is 1.62. The van der Waals surface area contributed by atoms with E-state index in [1.807, 2.05) is 47.9 Å². The third kappa shape index (κ3) is 5.93. The van der Waals surface area contributed by atoms with Crippen LogP contribution in [0.4, 0.5) is 5.69 Å². The molecule has 0 radical (unpaired) electrons. The quantitative estimate of drug-likeness (QED) is 0.340. The molecule has 0 aliphatic rings. The lowest BCUT2D eigenvalue weighted by molar-refractivity contribution is -0.113. The van der Waals surface area contributed by atoms with Crippen molar-refractivity contribution in [1.29, 1.82) is 0 Å². The first-order valence-corrected chi connectivity index (χ1v) is 11.3. The second kappa shape index (κ2) is 10.4. The minimum absolute atomic E-state index is 0.118. The molecule has 0 saturated heterocycles. The standard InChI is InChI=1S/C23H21ClN4O3S/c1-16-4-2-5-18(12-16)25-22(29)15-32-23-27-26-21(28(23)13-20-6-3-11-30-20)14-31-19-9-7-17(24)8-10-19/h2-12H,13-15H2,1H3,(H,25,29). The third-order valence-corrected chi connectivity index (χ3v) is 5.72. The van der Waals surface area contributed by atoms with Crippen LogP contribution >= 0.6 is 23.4 Å². The van der Waals surface area contributed by atoms with Crippen molar-refractivity contribution in [1.82, 2.24) is 14.8 Å². The highest BCUT2D eigenvalue weighted by Gasteiger charge is 2.16. The van der Waals surface area contributed by atoms with E-state index in [1.54, 1.807) is 30.5 Å². The summed E-state index contributed by atoms with van der Waals surface area (Å²) in [5.41, 5.74) is 1.85. The number of rotatable bonds is 9. The average Bonchev–Trinajstić information content (AvgIpc) is 3.42. The Hall–Kier alpha value is -3.23. The van der Waals surface area contributed by atoms with E-state index in [1.165, 1.54) is 11.8 Å². The summed E-state index contributed by atoms with van der Waals surface area (Å²) in [5.74, 6) is 2.13. The van der Waals surface area contributed by atoms with E-state index in [4.69, 9.17) is 20.8 Å². The summed E-state index contributed by atoms with van der Waals surface area (Å²) in [6, 6.07) is 18.5. The topological polar surface area (TPSA) is 82.2 Å². The number of nitrogens with zero attached hydrogens (tertiary/aromatic N) is 3. The molecule has 1 amide bonds. The van der Waals surface area contributed by atoms with Crippen molar-refractivity contribution in [2.75, 3.05) is 11.1 Å². The number of aryl methyl sites for hydroxylation is 1. The molecule has 0 aliphatic heterocycles. The van der Waals surface area contributed by atoms with E-state index in [9.17, 15) is 4.79 Å². The molecular weight excluding hydrogens is 448 g/mol. The van der Waals surface area contributed by atoms with Gasteiger partial charge >= 0.3 is 0 Å². The summed E-state index contributed by atoms with van der Waals surface area (Å²) >= 11 is 7.24. The lowest BCUT2D eigenvalue weighted by Crippen LogP contribution is -2.15. The van der Waals surface area contributed by atoms with Crippen molar-refractivity contribution in [3.63, 3.8) is 0 Å². The van der Waals surface area contributed by atoms with Gasteiger partial charge in [-0.15, -0.1) is 10.2 Å². The number of thioether (sulfide) groups is 1. The first-order chi connectivity index (χ1) is 15.6. The van der Waals surface area contributed by atoms with Gasteiger partial charge in [0.15, 0.2) is 11.0 Å². The van der Waals surface area contributed by atoms with Crippen LogP contribution in [0, 0.1) is 6.92 Å². The van der Waals surface area contributed by atoms with Crippen LogP contribution < -0.4 is 10.1 Å². The largest absolute Gasteiger partial charge is 0.486 e. The first kappa shape index (κ1) is 22.0. The molecule has 0 unspecified atom stereocenters. The van der Waals surface area contributed by atoms with Crippen molar-refractivity contribution in [2.45, 2.75) is 25.2 Å². The van der Waals surface area contributed by atoms with Gasteiger partial charge in [0, 0.05) is 10.7 Å². The zero-order chi connectivity index (χ0) is 22.3. The SMILES string of the molecule is Cc1cccc(NC(=O)CSc2nnc(COc3ccc(Cl)cc3)n2Cc2ccco2)c1. The summed E-state index contributed by atoms with van der Waals surface area (Å²) in [4.78, 5) is 12.4. The third-order valence-electron chi connectivity index (χ3n) is 4.50. The van der Waals surface area contributed by atoms with Crippen LogP contribution in [0.1, 0.15) is 17.1 Å². The fourth-order valence-electron chi connectivity index (χ4n) is 2.98. The molecule has 0 bridgehead atoms. The molecular formula is C23H21ClN4O3S. The number of hydrogen-bond donors (Lipinski definition) is 1. The van der Waals surface area contributed by atoms with Gasteiger partial charge in [0.1, 0.15) is 18.1 Å². The minimum Gasteiger partial charge on any atom is -0.486 e. The molecule has 0 saturated carbocycles. The van der Waals surface area contributed by atoms with E-state index in [0.717, 1.165) is 17.0 Å². The Balaban J connectivity index is 1.44. The van der Waals surface area contributed by atoms with Gasteiger partial charge in [-0.25, -0.2) is 0 Å². The van der Waals surface area contributed by atoms with Crippen LogP contribution in [0.3, 0.4) is 0 Å². The Morgan fingerprint density at radius 1 is 1.16 bits per heavy atom. The highest BCUT2D eigenvalue weighted by molar-refractivity contribution is 7.99. The van der Waals surface area contributed by atoms with Crippen LogP contribution in [-0.4, -0.2) is 26.4 Å². The van der Waals surface area contributed by atoms with E-state index in [0.29, 0.717) is 28.3 Å². The van der Waals surface area contributed by atoms with Crippen LogP contribution in [0.2, 0.25) is 5.02 Å². The monoisotopic (exact) mass is 468 g/mol. The fourth-order valence-corrected chi connectivity index (χ4v) is 3.86. The molecule has 0 fully saturated rings. The molecule has 32 heavy (non-hydrogen) atoms. The number of ether oxygens (including phenoxy) is 1. The molecule has 1 N–H and O–H groups in total. The normalized spacial score (nSPS) is 10.8. The number of halogens is 1. The maximum atomic E-state index is 12.4. The van der Waals surface area contributed by atoms with Crippen LogP contribution in [0.25, 0.3) is 0 Å². The Labute approximate surface area is 194 Å². The smallest absolute Gasteiger partial charge is 0.234 e. The Morgan fingerprint density at radius 2 is 2.00 bits per heavy atom. The van der Waals surface area contributed by atoms with Crippen molar-refractivity contribution in [3.8, 4) is 5.75 Å². The molecule has 164 valence electrons. The number of aromatic nitrogens is 3. The van der Waals surface area contributed by atoms with Gasteiger partial charge in [-0.05, 0) is 61.0 Å². The van der Waals surface area contributed by atoms with E-state index in [-0.39, 0.29) is 18.3 Å². The number of amides is 1. The second-order valence-electron chi connectivity index (χ2n) is 7.01. The summed E-state index contributed by atoms with van der Waals surface area (Å²) in [6.45, 7) is 2.63. The highest BCUT2D eigenvalue weighted by atomic mass is 35.5. The fraction of sp³-hybridized carbons (Fsp3) is 0.174. The van der Waals surface area contributed by atoms with E-state index < -0.39 is 0 Å². The first-order valence-electron chi connectivity index (χ1n) is 9.89. The zero-order valence-corrected chi connectivity index (χ0v) is 18.9. The molecule has 2 aromatic carbocycles. The van der Waals surface area contributed by atoms with Gasteiger partial charge in [0.05, 0.1) is 18.6 Å². The van der Waals surface area contributed by atoms with Crippen LogP contribution in [0.5, 0.6) is 5.75 Å². The maximum absolute atomic E-state index is 12.4. The van der Waals surface area contributed by atoms with Crippen molar-refractivity contribution < 1.29 is 13.9 Å². The Bertz CT molecular complexity index is 1180. The predicted octanol–water partition coefficient (Wildman–Crippen LogP) is 5.19. The number of nitrogens with one attached hydrogen (secondary N) is 1. The van der Waals surface area contributed by atoms with Gasteiger partial charge in [-0.2, -0.15) is 0 Å².